The zero-order valence-electron chi connectivity index (χ0n) is 21.0. The number of hydrogen-bond donors (Lipinski definition) is 2. The number of aliphatic hydroxyl groups excluding tert-OH is 1. The van der Waals surface area contributed by atoms with E-state index in [0.29, 0.717) is 40.9 Å². The summed E-state index contributed by atoms with van der Waals surface area (Å²) >= 11 is 12.2. The lowest BCUT2D eigenvalue weighted by Crippen LogP contribution is -2.55. The second kappa shape index (κ2) is 10.3. The highest BCUT2D eigenvalue weighted by Crippen LogP contribution is 2.39. The Bertz CT molecular complexity index is 1160. The van der Waals surface area contributed by atoms with Gasteiger partial charge in [-0.15, -0.1) is 0 Å². The maximum atomic E-state index is 13.1. The number of piperidine rings is 1. The molecule has 1 aromatic carbocycles. The molecule has 5 rings (SSSR count). The Balaban J connectivity index is 1.20. The zero-order chi connectivity index (χ0) is 26.3. The summed E-state index contributed by atoms with van der Waals surface area (Å²) in [5, 5.41) is 13.8. The van der Waals surface area contributed by atoms with E-state index >= 15 is 0 Å². The highest BCUT2D eigenvalue weighted by atomic mass is 35.5. The Morgan fingerprint density at radius 3 is 2.43 bits per heavy atom. The Morgan fingerprint density at radius 1 is 1.11 bits per heavy atom. The number of halogens is 2. The minimum absolute atomic E-state index is 0.0345. The van der Waals surface area contributed by atoms with Gasteiger partial charge >= 0.3 is 0 Å². The van der Waals surface area contributed by atoms with Gasteiger partial charge in [0.15, 0.2) is 5.60 Å². The van der Waals surface area contributed by atoms with Crippen molar-refractivity contribution in [1.29, 1.82) is 0 Å². The Kier molecular flexibility index (Phi) is 7.27. The number of hydrogen-bond acceptors (Lipinski definition) is 6. The third-order valence-electron chi connectivity index (χ3n) is 7.58. The number of aliphatic hydroxyl groups is 1. The van der Waals surface area contributed by atoms with Crippen LogP contribution in [0.5, 0.6) is 5.75 Å². The van der Waals surface area contributed by atoms with Crippen LogP contribution in [0.2, 0.25) is 10.0 Å². The van der Waals surface area contributed by atoms with Crippen molar-refractivity contribution in [1.82, 2.24) is 15.2 Å². The van der Waals surface area contributed by atoms with Crippen molar-refractivity contribution in [3.05, 3.63) is 52.1 Å². The van der Waals surface area contributed by atoms with Crippen molar-refractivity contribution < 1.29 is 19.4 Å². The van der Waals surface area contributed by atoms with Crippen LogP contribution in [0.25, 0.3) is 0 Å². The van der Waals surface area contributed by atoms with Gasteiger partial charge in [-0.1, -0.05) is 23.2 Å². The molecule has 2 aromatic rings. The van der Waals surface area contributed by atoms with Gasteiger partial charge in [0.1, 0.15) is 11.6 Å². The molecule has 3 fully saturated rings. The number of carbonyl (C=O) groups excluding carboxylic acids is 2. The maximum absolute atomic E-state index is 13.1. The van der Waals surface area contributed by atoms with E-state index in [9.17, 15) is 14.7 Å². The van der Waals surface area contributed by atoms with Crippen LogP contribution in [-0.2, 0) is 4.79 Å². The molecule has 37 heavy (non-hydrogen) atoms. The molecule has 3 aliphatic rings. The lowest BCUT2D eigenvalue weighted by Gasteiger charge is -2.41. The topological polar surface area (TPSA) is 95.0 Å². The molecule has 0 unspecified atom stereocenters. The molecule has 2 bridgehead atoms. The van der Waals surface area contributed by atoms with Crippen LogP contribution >= 0.6 is 23.2 Å². The standard InChI is InChI=1S/C27H32Cl2N4O4/c1-27(2,37-23-7-4-17(28)11-22(23)29)26(36)31-18-12-19-5-6-20(13-18)33(19)24-8-3-16(14-30-24)25(35)32-10-9-21(34)15-32/h3-4,7-8,11,14,18-21,34H,5-6,9-10,12-13,15H2,1-2H3,(H,31,36)/t18-,19+,20-,21-/m0/s1. The summed E-state index contributed by atoms with van der Waals surface area (Å²) in [6, 6.07) is 9.24. The van der Waals surface area contributed by atoms with Crippen molar-refractivity contribution in [2.75, 3.05) is 18.0 Å². The molecule has 4 atom stereocenters. The summed E-state index contributed by atoms with van der Waals surface area (Å²) in [4.78, 5) is 34.5. The number of rotatable bonds is 6. The number of fused-ring (bicyclic) bond motifs is 2. The lowest BCUT2D eigenvalue weighted by molar-refractivity contribution is -0.135. The van der Waals surface area contributed by atoms with E-state index in [1.54, 1.807) is 43.1 Å². The second-order valence-corrected chi connectivity index (χ2v) is 11.6. The Morgan fingerprint density at radius 2 is 1.84 bits per heavy atom. The van der Waals surface area contributed by atoms with Gasteiger partial charge in [0.2, 0.25) is 0 Å². The molecular formula is C27H32Cl2N4O4. The largest absolute Gasteiger partial charge is 0.476 e. The first kappa shape index (κ1) is 26.1. The molecule has 0 saturated carbocycles. The number of likely N-dealkylation sites (tertiary alicyclic amines) is 1. The molecule has 0 aliphatic carbocycles. The fourth-order valence-corrected chi connectivity index (χ4v) is 6.13. The van der Waals surface area contributed by atoms with Crippen LogP contribution in [0.3, 0.4) is 0 Å². The zero-order valence-corrected chi connectivity index (χ0v) is 22.5. The first-order valence-corrected chi connectivity index (χ1v) is 13.5. The van der Waals surface area contributed by atoms with Gasteiger partial charge < -0.3 is 25.0 Å². The molecule has 10 heteroatoms. The predicted molar refractivity (Wildman–Crippen MR) is 142 cm³/mol. The van der Waals surface area contributed by atoms with E-state index in [1.807, 2.05) is 12.1 Å². The SMILES string of the molecule is CC(C)(Oc1ccc(Cl)cc1Cl)C(=O)N[C@H]1C[C@H]2CC[C@@H](C1)N2c1ccc(C(=O)N2CC[C@H](O)C2)cn1. The normalized spacial score (nSPS) is 25.3. The third kappa shape index (κ3) is 5.52. The van der Waals surface area contributed by atoms with Crippen LogP contribution < -0.4 is 15.0 Å². The van der Waals surface area contributed by atoms with Crippen LogP contribution in [0.15, 0.2) is 36.5 Å². The summed E-state index contributed by atoms with van der Waals surface area (Å²) in [6.07, 6.45) is 5.50. The molecule has 8 nitrogen and oxygen atoms in total. The van der Waals surface area contributed by atoms with E-state index < -0.39 is 11.7 Å². The molecule has 3 aliphatic heterocycles. The maximum Gasteiger partial charge on any atom is 0.263 e. The van der Waals surface area contributed by atoms with Gasteiger partial charge in [-0.25, -0.2) is 4.98 Å². The highest BCUT2D eigenvalue weighted by molar-refractivity contribution is 6.35. The first-order chi connectivity index (χ1) is 17.6. The molecular weight excluding hydrogens is 515 g/mol. The van der Waals surface area contributed by atoms with Crippen LogP contribution in [0, 0.1) is 0 Å². The van der Waals surface area contributed by atoms with E-state index in [4.69, 9.17) is 27.9 Å². The summed E-state index contributed by atoms with van der Waals surface area (Å²) in [6.45, 7) is 4.40. The smallest absolute Gasteiger partial charge is 0.263 e. The number of pyridine rings is 1. The number of nitrogens with one attached hydrogen (secondary N) is 1. The van der Waals surface area contributed by atoms with Crippen LogP contribution in [0.1, 0.15) is 56.3 Å². The average molecular weight is 547 g/mol. The number of carbonyl (C=O) groups is 2. The van der Waals surface area contributed by atoms with Gasteiger partial charge in [0.05, 0.1) is 16.7 Å². The fraction of sp³-hybridized carbons (Fsp3) is 0.519. The van der Waals surface area contributed by atoms with Crippen LogP contribution in [-0.4, -0.2) is 69.7 Å². The van der Waals surface area contributed by atoms with Crippen molar-refractivity contribution >= 4 is 40.8 Å². The summed E-state index contributed by atoms with van der Waals surface area (Å²) in [5.41, 5.74) is -0.571. The molecule has 2 N–H and O–H groups in total. The second-order valence-electron chi connectivity index (χ2n) is 10.7. The molecule has 0 radical (unpaired) electrons. The van der Waals surface area contributed by atoms with E-state index in [1.165, 1.54) is 0 Å². The first-order valence-electron chi connectivity index (χ1n) is 12.8. The summed E-state index contributed by atoms with van der Waals surface area (Å²) in [7, 11) is 0. The number of benzene rings is 1. The average Bonchev–Trinajstić information content (AvgIpc) is 3.41. The third-order valence-corrected chi connectivity index (χ3v) is 8.11. The minimum Gasteiger partial charge on any atom is -0.476 e. The van der Waals surface area contributed by atoms with E-state index in [-0.39, 0.29) is 29.9 Å². The number of nitrogens with zero attached hydrogens (tertiary/aromatic N) is 3. The fourth-order valence-electron chi connectivity index (χ4n) is 5.68. The molecule has 2 amide bonds. The number of β-amino-alcohol motifs (C(OH)–C–C–N with tert-alkyl or cyclic N) is 1. The highest BCUT2D eigenvalue weighted by Gasteiger charge is 2.43. The summed E-state index contributed by atoms with van der Waals surface area (Å²) in [5.74, 6) is 0.987. The minimum atomic E-state index is -1.11. The van der Waals surface area contributed by atoms with Crippen molar-refractivity contribution in [2.24, 2.45) is 0 Å². The van der Waals surface area contributed by atoms with Crippen molar-refractivity contribution in [3.8, 4) is 5.75 Å². The number of aromatic nitrogens is 1. The Labute approximate surface area is 226 Å². The quantitative estimate of drug-likeness (QED) is 0.567. The number of amides is 2. The lowest BCUT2D eigenvalue weighted by atomic mass is 9.96. The van der Waals surface area contributed by atoms with Crippen molar-refractivity contribution in [2.45, 2.75) is 75.8 Å². The summed E-state index contributed by atoms with van der Waals surface area (Å²) < 4.78 is 5.96. The van der Waals surface area contributed by atoms with Gasteiger partial charge in [0.25, 0.3) is 11.8 Å². The number of ether oxygens (including phenoxy) is 1. The monoisotopic (exact) mass is 546 g/mol. The predicted octanol–water partition coefficient (Wildman–Crippen LogP) is 4.07. The van der Waals surface area contributed by atoms with Crippen molar-refractivity contribution in [3.63, 3.8) is 0 Å². The molecule has 3 saturated heterocycles. The van der Waals surface area contributed by atoms with Gasteiger partial charge in [0, 0.05) is 42.4 Å². The van der Waals surface area contributed by atoms with E-state index in [0.717, 1.165) is 31.5 Å². The van der Waals surface area contributed by atoms with Gasteiger partial charge in [-0.05, 0) is 76.3 Å². The molecule has 198 valence electrons. The molecule has 4 heterocycles. The van der Waals surface area contributed by atoms with E-state index in [2.05, 4.69) is 15.2 Å². The molecule has 0 spiro atoms. The van der Waals surface area contributed by atoms with Gasteiger partial charge in [-0.3, -0.25) is 9.59 Å². The molecule has 1 aromatic heterocycles. The van der Waals surface area contributed by atoms with Crippen LogP contribution in [0.4, 0.5) is 5.82 Å². The Hall–Kier alpha value is -2.55. The van der Waals surface area contributed by atoms with Gasteiger partial charge in [-0.2, -0.15) is 0 Å². The number of anilines is 1.